The highest BCUT2D eigenvalue weighted by Crippen LogP contribution is 2.21. The molecule has 1 aromatic heterocycles. The molecule has 0 spiro atoms. The van der Waals surface area contributed by atoms with E-state index in [0.717, 1.165) is 48.3 Å². The first-order valence-electron chi connectivity index (χ1n) is 7.30. The Morgan fingerprint density at radius 1 is 1.24 bits per heavy atom. The molecule has 3 rings (SSSR count). The van der Waals surface area contributed by atoms with Gasteiger partial charge in [-0.05, 0) is 43.9 Å². The SMILES string of the molecule is CN(C)c1cccc(Nc2nc3c(c(=O)[nH]2)CCCC3)c1. The molecule has 5 heteroatoms. The number of hydrogen-bond acceptors (Lipinski definition) is 4. The number of anilines is 3. The highest BCUT2D eigenvalue weighted by atomic mass is 16.1. The second kappa shape index (κ2) is 5.60. The topological polar surface area (TPSA) is 61.0 Å². The van der Waals surface area contributed by atoms with E-state index in [4.69, 9.17) is 0 Å². The van der Waals surface area contributed by atoms with E-state index in [2.05, 4.69) is 15.3 Å². The number of nitrogens with one attached hydrogen (secondary N) is 2. The van der Waals surface area contributed by atoms with Crippen molar-refractivity contribution in [2.24, 2.45) is 0 Å². The van der Waals surface area contributed by atoms with Crippen molar-refractivity contribution >= 4 is 17.3 Å². The van der Waals surface area contributed by atoms with Crippen LogP contribution in [0.3, 0.4) is 0 Å². The maximum atomic E-state index is 12.1. The molecule has 110 valence electrons. The summed E-state index contributed by atoms with van der Waals surface area (Å²) in [7, 11) is 4.00. The fourth-order valence-electron chi connectivity index (χ4n) is 2.66. The Morgan fingerprint density at radius 3 is 2.86 bits per heavy atom. The van der Waals surface area contributed by atoms with Crippen LogP contribution in [0.15, 0.2) is 29.1 Å². The average molecular weight is 284 g/mol. The molecule has 1 aliphatic carbocycles. The number of rotatable bonds is 3. The molecule has 2 aromatic rings. The molecule has 1 heterocycles. The Labute approximate surface area is 124 Å². The Bertz CT molecular complexity index is 706. The Morgan fingerprint density at radius 2 is 2.05 bits per heavy atom. The minimum Gasteiger partial charge on any atom is -0.378 e. The average Bonchev–Trinajstić information content (AvgIpc) is 2.47. The van der Waals surface area contributed by atoms with Crippen LogP contribution in [0.2, 0.25) is 0 Å². The summed E-state index contributed by atoms with van der Waals surface area (Å²) in [4.78, 5) is 21.5. The van der Waals surface area contributed by atoms with Crippen LogP contribution < -0.4 is 15.8 Å². The van der Waals surface area contributed by atoms with Gasteiger partial charge in [-0.25, -0.2) is 4.98 Å². The zero-order chi connectivity index (χ0) is 14.8. The predicted molar refractivity (Wildman–Crippen MR) is 85.6 cm³/mol. The first-order chi connectivity index (χ1) is 10.1. The third-order valence-corrected chi connectivity index (χ3v) is 3.82. The molecule has 0 saturated heterocycles. The van der Waals surface area contributed by atoms with E-state index in [1.165, 1.54) is 0 Å². The molecule has 0 atom stereocenters. The third-order valence-electron chi connectivity index (χ3n) is 3.82. The Kier molecular flexibility index (Phi) is 3.64. The van der Waals surface area contributed by atoms with E-state index < -0.39 is 0 Å². The number of fused-ring (bicyclic) bond motifs is 1. The van der Waals surface area contributed by atoms with Gasteiger partial charge in [0.25, 0.3) is 5.56 Å². The fourth-order valence-corrected chi connectivity index (χ4v) is 2.66. The molecular formula is C16H20N4O. The maximum Gasteiger partial charge on any atom is 0.255 e. The zero-order valence-electron chi connectivity index (χ0n) is 12.4. The first-order valence-corrected chi connectivity index (χ1v) is 7.30. The normalized spacial score (nSPS) is 13.6. The summed E-state index contributed by atoms with van der Waals surface area (Å²) in [6, 6.07) is 8.01. The molecule has 0 radical (unpaired) electrons. The number of aromatic nitrogens is 2. The smallest absolute Gasteiger partial charge is 0.255 e. The van der Waals surface area contributed by atoms with Gasteiger partial charge in [0.1, 0.15) is 0 Å². The minimum absolute atomic E-state index is 0.00837. The molecule has 0 bridgehead atoms. The molecular weight excluding hydrogens is 264 g/mol. The molecule has 1 aliphatic rings. The van der Waals surface area contributed by atoms with E-state index in [1.807, 2.05) is 43.3 Å². The summed E-state index contributed by atoms with van der Waals surface area (Å²) in [6.07, 6.45) is 3.92. The van der Waals surface area contributed by atoms with Crippen LogP contribution in [-0.4, -0.2) is 24.1 Å². The van der Waals surface area contributed by atoms with E-state index >= 15 is 0 Å². The number of aryl methyl sites for hydroxylation is 1. The molecule has 1 aromatic carbocycles. The van der Waals surface area contributed by atoms with Crippen LogP contribution in [0.1, 0.15) is 24.1 Å². The molecule has 0 fully saturated rings. The van der Waals surface area contributed by atoms with Crippen LogP contribution in [0, 0.1) is 0 Å². The maximum absolute atomic E-state index is 12.1. The largest absolute Gasteiger partial charge is 0.378 e. The number of H-pyrrole nitrogens is 1. The van der Waals surface area contributed by atoms with Crippen molar-refractivity contribution in [3.05, 3.63) is 45.9 Å². The second-order valence-electron chi connectivity index (χ2n) is 5.62. The molecule has 2 N–H and O–H groups in total. The molecule has 0 amide bonds. The van der Waals surface area contributed by atoms with Crippen molar-refractivity contribution in [1.82, 2.24) is 9.97 Å². The van der Waals surface area contributed by atoms with Crippen molar-refractivity contribution in [2.75, 3.05) is 24.3 Å². The highest BCUT2D eigenvalue weighted by molar-refractivity contribution is 5.61. The Hall–Kier alpha value is -2.30. The van der Waals surface area contributed by atoms with Gasteiger partial charge in [-0.3, -0.25) is 9.78 Å². The van der Waals surface area contributed by atoms with Gasteiger partial charge in [-0.2, -0.15) is 0 Å². The van der Waals surface area contributed by atoms with Crippen molar-refractivity contribution in [3.8, 4) is 0 Å². The second-order valence-corrected chi connectivity index (χ2v) is 5.62. The van der Waals surface area contributed by atoms with E-state index in [1.54, 1.807) is 0 Å². The third kappa shape index (κ3) is 2.91. The molecule has 21 heavy (non-hydrogen) atoms. The first kappa shape index (κ1) is 13.7. The number of aromatic amines is 1. The van der Waals surface area contributed by atoms with Crippen molar-refractivity contribution in [3.63, 3.8) is 0 Å². The lowest BCUT2D eigenvalue weighted by atomic mass is 9.97. The van der Waals surface area contributed by atoms with Gasteiger partial charge in [0, 0.05) is 31.0 Å². The highest BCUT2D eigenvalue weighted by Gasteiger charge is 2.15. The van der Waals surface area contributed by atoms with E-state index in [9.17, 15) is 4.79 Å². The molecule has 0 saturated carbocycles. The van der Waals surface area contributed by atoms with Crippen molar-refractivity contribution in [1.29, 1.82) is 0 Å². The minimum atomic E-state index is -0.00837. The number of nitrogens with zero attached hydrogens (tertiary/aromatic N) is 2. The van der Waals surface area contributed by atoms with Crippen molar-refractivity contribution in [2.45, 2.75) is 25.7 Å². The van der Waals surface area contributed by atoms with Crippen LogP contribution >= 0.6 is 0 Å². The quantitative estimate of drug-likeness (QED) is 0.909. The molecule has 0 unspecified atom stereocenters. The Balaban J connectivity index is 1.90. The summed E-state index contributed by atoms with van der Waals surface area (Å²) in [6.45, 7) is 0. The lowest BCUT2D eigenvalue weighted by molar-refractivity contribution is 0.658. The van der Waals surface area contributed by atoms with Crippen molar-refractivity contribution < 1.29 is 0 Å². The number of hydrogen-bond donors (Lipinski definition) is 2. The van der Waals surface area contributed by atoms with Crippen LogP contribution in [0.5, 0.6) is 0 Å². The van der Waals surface area contributed by atoms with Gasteiger partial charge in [0.05, 0.1) is 5.69 Å². The van der Waals surface area contributed by atoms with Gasteiger partial charge >= 0.3 is 0 Å². The van der Waals surface area contributed by atoms with E-state index in [-0.39, 0.29) is 5.56 Å². The fraction of sp³-hybridized carbons (Fsp3) is 0.375. The van der Waals surface area contributed by atoms with Gasteiger partial charge in [0.15, 0.2) is 0 Å². The molecule has 5 nitrogen and oxygen atoms in total. The lowest BCUT2D eigenvalue weighted by Crippen LogP contribution is -2.22. The van der Waals surface area contributed by atoms with Crippen LogP contribution in [-0.2, 0) is 12.8 Å². The summed E-state index contributed by atoms with van der Waals surface area (Å²) in [5.41, 5.74) is 3.80. The van der Waals surface area contributed by atoms with E-state index in [0.29, 0.717) is 5.95 Å². The van der Waals surface area contributed by atoms with Gasteiger partial charge in [-0.1, -0.05) is 6.07 Å². The predicted octanol–water partition coefficient (Wildman–Crippen LogP) is 2.46. The lowest BCUT2D eigenvalue weighted by Gasteiger charge is -2.16. The zero-order valence-corrected chi connectivity index (χ0v) is 12.4. The summed E-state index contributed by atoms with van der Waals surface area (Å²) < 4.78 is 0. The van der Waals surface area contributed by atoms with Crippen LogP contribution in [0.25, 0.3) is 0 Å². The van der Waals surface area contributed by atoms with Crippen LogP contribution in [0.4, 0.5) is 17.3 Å². The summed E-state index contributed by atoms with van der Waals surface area (Å²) in [5.74, 6) is 0.525. The molecule has 0 aliphatic heterocycles. The van der Waals surface area contributed by atoms with Gasteiger partial charge in [0.2, 0.25) is 5.95 Å². The van der Waals surface area contributed by atoms with Gasteiger partial charge < -0.3 is 10.2 Å². The summed E-state index contributed by atoms with van der Waals surface area (Å²) >= 11 is 0. The summed E-state index contributed by atoms with van der Waals surface area (Å²) in [5, 5.41) is 3.20. The standard InChI is InChI=1S/C16H20N4O/c1-20(2)12-7-5-6-11(10-12)17-16-18-14-9-4-3-8-13(14)15(21)19-16/h5-7,10H,3-4,8-9H2,1-2H3,(H2,17,18,19,21). The number of benzene rings is 1. The monoisotopic (exact) mass is 284 g/mol. The van der Waals surface area contributed by atoms with Gasteiger partial charge in [-0.15, -0.1) is 0 Å².